The van der Waals surface area contributed by atoms with Crippen molar-refractivity contribution in [2.24, 2.45) is 0 Å². The van der Waals surface area contributed by atoms with E-state index in [0.29, 0.717) is 5.56 Å². The molecule has 0 fully saturated rings. The first-order valence-electron chi connectivity index (χ1n) is 11.7. The van der Waals surface area contributed by atoms with Crippen LogP contribution in [0.1, 0.15) is 55.8 Å². The van der Waals surface area contributed by atoms with Gasteiger partial charge in [-0.3, -0.25) is 9.36 Å². The highest BCUT2D eigenvalue weighted by atomic mass is 31.2. The number of hydrogen-bond donors (Lipinski definition) is 3. The normalized spacial score (nSPS) is 11.3. The molecule has 7 heteroatoms. The van der Waals surface area contributed by atoms with Crippen LogP contribution in [0.5, 0.6) is 5.75 Å². The third kappa shape index (κ3) is 7.56. The van der Waals surface area contributed by atoms with Crippen molar-refractivity contribution in [2.45, 2.75) is 45.4 Å². The second-order valence-corrected chi connectivity index (χ2v) is 9.80. The first kappa shape index (κ1) is 25.7. The molecule has 3 aromatic rings. The summed E-state index contributed by atoms with van der Waals surface area (Å²) in [4.78, 5) is 31.6. The fourth-order valence-electron chi connectivity index (χ4n) is 3.66. The first-order valence-corrected chi connectivity index (χ1v) is 13.3. The lowest BCUT2D eigenvalue weighted by atomic mass is 10.0. The summed E-state index contributed by atoms with van der Waals surface area (Å²) in [6, 6.07) is 20.8. The number of benzene rings is 3. The van der Waals surface area contributed by atoms with Gasteiger partial charge >= 0.3 is 7.60 Å². The smallest absolute Gasteiger partial charge is 0.358 e. The van der Waals surface area contributed by atoms with Crippen LogP contribution in [0.3, 0.4) is 0 Å². The van der Waals surface area contributed by atoms with Crippen LogP contribution in [-0.4, -0.2) is 22.3 Å². The zero-order valence-electron chi connectivity index (χ0n) is 19.4. The van der Waals surface area contributed by atoms with Crippen molar-refractivity contribution in [3.05, 3.63) is 78.4 Å². The molecular weight excluding hydrogens is 449 g/mol. The Morgan fingerprint density at radius 3 is 2.06 bits per heavy atom. The summed E-state index contributed by atoms with van der Waals surface area (Å²) in [6.45, 7) is 2.94. The third-order valence-corrected chi connectivity index (χ3v) is 6.59. The summed E-state index contributed by atoms with van der Waals surface area (Å²) >= 11 is 0. The highest BCUT2D eigenvalue weighted by molar-refractivity contribution is 7.60. The molecule has 0 aliphatic rings. The largest absolute Gasteiger partial charge is 0.494 e. The molecule has 0 aliphatic carbocycles. The lowest BCUT2D eigenvalue weighted by Crippen LogP contribution is -2.18. The number of amides is 1. The predicted molar refractivity (Wildman–Crippen MR) is 137 cm³/mol. The molecular formula is C27H32NO5P. The molecule has 0 aromatic heterocycles. The average Bonchev–Trinajstić information content (AvgIpc) is 2.84. The maximum absolute atomic E-state index is 12.6. The number of unbranched alkanes of at least 4 members (excludes halogenated alkanes) is 5. The standard InChI is InChI=1S/C27H32NO5P/c1-2-3-4-5-6-9-20-33-24-18-16-22(17-19-24)21-12-14-23(15-13-21)27(29)28-25-10-7-8-11-26(25)34(30,31)32/h7-8,10-19H,2-6,9,20H2,1H3,(H,28,29)(H2,30,31,32). The van der Waals surface area contributed by atoms with E-state index in [1.807, 2.05) is 36.4 Å². The monoisotopic (exact) mass is 481 g/mol. The van der Waals surface area contributed by atoms with Crippen LogP contribution in [0, 0.1) is 0 Å². The van der Waals surface area contributed by atoms with E-state index in [1.165, 1.54) is 50.3 Å². The molecule has 0 radical (unpaired) electrons. The van der Waals surface area contributed by atoms with Gasteiger partial charge < -0.3 is 19.8 Å². The van der Waals surface area contributed by atoms with E-state index in [2.05, 4.69) is 12.2 Å². The molecule has 180 valence electrons. The highest BCUT2D eigenvalue weighted by Crippen LogP contribution is 2.36. The molecule has 0 spiro atoms. The molecule has 34 heavy (non-hydrogen) atoms. The van der Waals surface area contributed by atoms with Crippen LogP contribution >= 0.6 is 7.60 Å². The Hall–Kier alpha value is -2.92. The van der Waals surface area contributed by atoms with Gasteiger partial charge in [-0.05, 0) is 53.9 Å². The zero-order valence-corrected chi connectivity index (χ0v) is 20.3. The fourth-order valence-corrected chi connectivity index (χ4v) is 4.38. The van der Waals surface area contributed by atoms with Gasteiger partial charge in [0.2, 0.25) is 0 Å². The van der Waals surface area contributed by atoms with Gasteiger partial charge in [-0.2, -0.15) is 0 Å². The molecule has 0 unspecified atom stereocenters. The Kier molecular flexibility index (Phi) is 9.46. The number of carbonyl (C=O) groups excluding carboxylic acids is 1. The van der Waals surface area contributed by atoms with Gasteiger partial charge in [-0.1, -0.05) is 75.4 Å². The van der Waals surface area contributed by atoms with E-state index in [1.54, 1.807) is 18.2 Å². The van der Waals surface area contributed by atoms with Crippen LogP contribution in [0.2, 0.25) is 0 Å². The lowest BCUT2D eigenvalue weighted by molar-refractivity contribution is 0.102. The average molecular weight is 482 g/mol. The van der Waals surface area contributed by atoms with E-state index < -0.39 is 13.5 Å². The SMILES string of the molecule is CCCCCCCCOc1ccc(-c2ccc(C(=O)Nc3ccccc3P(=O)(O)O)cc2)cc1. The Morgan fingerprint density at radius 2 is 1.41 bits per heavy atom. The van der Waals surface area contributed by atoms with Gasteiger partial charge in [0, 0.05) is 5.56 Å². The molecule has 0 saturated heterocycles. The van der Waals surface area contributed by atoms with Crippen molar-refractivity contribution < 1.29 is 23.9 Å². The first-order chi connectivity index (χ1) is 16.4. The third-order valence-electron chi connectivity index (χ3n) is 5.57. The Balaban J connectivity index is 1.55. The van der Waals surface area contributed by atoms with Crippen LogP contribution in [0.15, 0.2) is 72.8 Å². The Morgan fingerprint density at radius 1 is 0.824 bits per heavy atom. The molecule has 0 atom stereocenters. The molecule has 6 nitrogen and oxygen atoms in total. The number of nitrogens with one attached hydrogen (secondary N) is 1. The number of rotatable bonds is 12. The summed E-state index contributed by atoms with van der Waals surface area (Å²) in [7, 11) is -4.50. The summed E-state index contributed by atoms with van der Waals surface area (Å²) in [5, 5.41) is 2.38. The van der Waals surface area contributed by atoms with Crippen molar-refractivity contribution in [2.75, 3.05) is 11.9 Å². The topological polar surface area (TPSA) is 95.9 Å². The molecule has 3 N–H and O–H groups in total. The number of carbonyl (C=O) groups is 1. The van der Waals surface area contributed by atoms with Crippen molar-refractivity contribution in [1.29, 1.82) is 0 Å². The minimum Gasteiger partial charge on any atom is -0.494 e. The lowest BCUT2D eigenvalue weighted by Gasteiger charge is -2.12. The van der Waals surface area contributed by atoms with Crippen molar-refractivity contribution in [3.63, 3.8) is 0 Å². The minimum atomic E-state index is -4.50. The predicted octanol–water partition coefficient (Wildman–Crippen LogP) is 6.15. The highest BCUT2D eigenvalue weighted by Gasteiger charge is 2.22. The van der Waals surface area contributed by atoms with Crippen LogP contribution in [0.4, 0.5) is 5.69 Å². The van der Waals surface area contributed by atoms with Crippen LogP contribution < -0.4 is 15.4 Å². The second-order valence-electron chi connectivity index (χ2n) is 8.23. The van der Waals surface area contributed by atoms with E-state index in [-0.39, 0.29) is 11.0 Å². The van der Waals surface area contributed by atoms with E-state index in [9.17, 15) is 19.1 Å². The minimum absolute atomic E-state index is 0.0986. The summed E-state index contributed by atoms with van der Waals surface area (Å²) < 4.78 is 17.5. The van der Waals surface area contributed by atoms with E-state index in [4.69, 9.17) is 4.74 Å². The van der Waals surface area contributed by atoms with Gasteiger partial charge in [0.05, 0.1) is 17.6 Å². The van der Waals surface area contributed by atoms with Gasteiger partial charge in [-0.25, -0.2) is 0 Å². The molecule has 0 aliphatic heterocycles. The van der Waals surface area contributed by atoms with Gasteiger partial charge in [0.1, 0.15) is 5.75 Å². The van der Waals surface area contributed by atoms with Crippen LogP contribution in [-0.2, 0) is 4.57 Å². The number of hydrogen-bond acceptors (Lipinski definition) is 3. The van der Waals surface area contributed by atoms with Gasteiger partial charge in [0.25, 0.3) is 5.91 Å². The van der Waals surface area contributed by atoms with Crippen molar-refractivity contribution in [3.8, 4) is 16.9 Å². The van der Waals surface area contributed by atoms with E-state index in [0.717, 1.165) is 29.9 Å². The number of anilines is 1. The molecule has 0 saturated carbocycles. The second kappa shape index (κ2) is 12.5. The van der Waals surface area contributed by atoms with E-state index >= 15 is 0 Å². The van der Waals surface area contributed by atoms with Crippen LogP contribution in [0.25, 0.3) is 11.1 Å². The Labute approximate surface area is 201 Å². The quantitative estimate of drug-likeness (QED) is 0.213. The molecule has 0 bridgehead atoms. The maximum atomic E-state index is 12.6. The summed E-state index contributed by atoms with van der Waals surface area (Å²) in [6.07, 6.45) is 7.38. The molecule has 0 heterocycles. The molecule has 3 rings (SSSR count). The molecule has 1 amide bonds. The maximum Gasteiger partial charge on any atom is 0.358 e. The summed E-state index contributed by atoms with van der Waals surface area (Å²) in [5.74, 6) is 0.405. The summed E-state index contributed by atoms with van der Waals surface area (Å²) in [5.41, 5.74) is 2.45. The fraction of sp³-hybridized carbons (Fsp3) is 0.296. The Bertz CT molecular complexity index is 1110. The van der Waals surface area contributed by atoms with Gasteiger partial charge in [0.15, 0.2) is 0 Å². The zero-order chi connectivity index (χ0) is 24.4. The molecule has 3 aromatic carbocycles. The van der Waals surface area contributed by atoms with Crippen molar-refractivity contribution in [1.82, 2.24) is 0 Å². The van der Waals surface area contributed by atoms with Gasteiger partial charge in [-0.15, -0.1) is 0 Å². The number of para-hydroxylation sites is 1. The van der Waals surface area contributed by atoms with Crippen molar-refractivity contribution >= 4 is 24.5 Å². The number of ether oxygens (including phenoxy) is 1.